The maximum absolute atomic E-state index is 11.9. The van der Waals surface area contributed by atoms with E-state index in [2.05, 4.69) is 10.6 Å². The van der Waals surface area contributed by atoms with E-state index in [-0.39, 0.29) is 47.9 Å². The van der Waals surface area contributed by atoms with Gasteiger partial charge in [0.1, 0.15) is 0 Å². The van der Waals surface area contributed by atoms with Crippen molar-refractivity contribution in [2.45, 2.75) is 51.6 Å². The Kier molecular flexibility index (Phi) is 8.80. The molecule has 2 rings (SSSR count). The molecule has 30 heavy (non-hydrogen) atoms. The number of unbranched alkanes of at least 4 members (excludes halogenated alkanes) is 3. The van der Waals surface area contributed by atoms with Crippen LogP contribution in [0.25, 0.3) is 0 Å². The summed E-state index contributed by atoms with van der Waals surface area (Å²) in [6.45, 7) is 0.294. The average molecular weight is 416 g/mol. The van der Waals surface area contributed by atoms with Gasteiger partial charge in [0.25, 0.3) is 0 Å². The SMILES string of the molecule is O=C(CCCCCCC(=O)NCc1cccc(O)c1O)NCc1cccc(O)c1O. The fourth-order valence-electron chi connectivity index (χ4n) is 2.93. The number of phenols is 4. The molecule has 0 saturated carbocycles. The van der Waals surface area contributed by atoms with Gasteiger partial charge in [0, 0.05) is 37.1 Å². The van der Waals surface area contributed by atoms with Crippen LogP contribution in [0.4, 0.5) is 0 Å². The molecule has 162 valence electrons. The highest BCUT2D eigenvalue weighted by Crippen LogP contribution is 2.28. The van der Waals surface area contributed by atoms with E-state index in [1.165, 1.54) is 12.1 Å². The first-order valence-electron chi connectivity index (χ1n) is 9.91. The molecule has 0 aromatic heterocycles. The largest absolute Gasteiger partial charge is 0.504 e. The lowest BCUT2D eigenvalue weighted by atomic mass is 10.1. The predicted octanol–water partition coefficient (Wildman–Crippen LogP) is 2.78. The summed E-state index contributed by atoms with van der Waals surface area (Å²) in [5.74, 6) is -1.16. The third kappa shape index (κ3) is 7.20. The Hall–Kier alpha value is -3.42. The Morgan fingerprint density at radius 2 is 1.03 bits per heavy atom. The van der Waals surface area contributed by atoms with Crippen molar-refractivity contribution in [1.82, 2.24) is 10.6 Å². The van der Waals surface area contributed by atoms with Crippen LogP contribution < -0.4 is 10.6 Å². The molecular weight excluding hydrogens is 388 g/mol. The van der Waals surface area contributed by atoms with Gasteiger partial charge in [0.05, 0.1) is 0 Å². The fourth-order valence-corrected chi connectivity index (χ4v) is 2.93. The first kappa shape index (κ1) is 22.9. The van der Waals surface area contributed by atoms with Crippen LogP contribution in [0.3, 0.4) is 0 Å². The van der Waals surface area contributed by atoms with E-state index in [0.29, 0.717) is 36.8 Å². The van der Waals surface area contributed by atoms with Crippen LogP contribution in [0, 0.1) is 0 Å². The van der Waals surface area contributed by atoms with Gasteiger partial charge in [-0.2, -0.15) is 0 Å². The van der Waals surface area contributed by atoms with Crippen LogP contribution in [0.1, 0.15) is 49.7 Å². The highest BCUT2D eigenvalue weighted by atomic mass is 16.3. The summed E-state index contributed by atoms with van der Waals surface area (Å²) < 4.78 is 0. The van der Waals surface area contributed by atoms with E-state index in [0.717, 1.165) is 12.8 Å². The van der Waals surface area contributed by atoms with Crippen LogP contribution in [-0.4, -0.2) is 32.2 Å². The van der Waals surface area contributed by atoms with E-state index in [4.69, 9.17) is 0 Å². The van der Waals surface area contributed by atoms with E-state index in [9.17, 15) is 30.0 Å². The highest BCUT2D eigenvalue weighted by molar-refractivity contribution is 5.76. The van der Waals surface area contributed by atoms with Crippen LogP contribution in [0.2, 0.25) is 0 Å². The van der Waals surface area contributed by atoms with Crippen molar-refractivity contribution in [3.05, 3.63) is 47.5 Å². The van der Waals surface area contributed by atoms with Crippen molar-refractivity contribution >= 4 is 11.8 Å². The number of phenolic OH excluding ortho intramolecular Hbond substituents is 4. The van der Waals surface area contributed by atoms with E-state index in [1.807, 2.05) is 0 Å². The Labute approximate surface area is 175 Å². The van der Waals surface area contributed by atoms with Gasteiger partial charge in [0.2, 0.25) is 11.8 Å². The zero-order valence-electron chi connectivity index (χ0n) is 16.7. The van der Waals surface area contributed by atoms with Gasteiger partial charge in [0.15, 0.2) is 23.0 Å². The summed E-state index contributed by atoms with van der Waals surface area (Å²) in [6.07, 6.45) is 3.70. The van der Waals surface area contributed by atoms with Gasteiger partial charge in [-0.1, -0.05) is 37.1 Å². The number of amides is 2. The van der Waals surface area contributed by atoms with Crippen LogP contribution >= 0.6 is 0 Å². The molecule has 0 aliphatic heterocycles. The summed E-state index contributed by atoms with van der Waals surface area (Å²) in [5, 5.41) is 43.7. The van der Waals surface area contributed by atoms with Gasteiger partial charge in [-0.25, -0.2) is 0 Å². The molecule has 6 N–H and O–H groups in total. The molecule has 0 heterocycles. The lowest BCUT2D eigenvalue weighted by molar-refractivity contribution is -0.122. The summed E-state index contributed by atoms with van der Waals surface area (Å²) in [7, 11) is 0. The number of para-hydroxylation sites is 2. The number of carbonyl (C=O) groups is 2. The number of hydrogen-bond acceptors (Lipinski definition) is 6. The molecule has 0 aliphatic carbocycles. The van der Waals surface area contributed by atoms with E-state index in [1.54, 1.807) is 24.3 Å². The van der Waals surface area contributed by atoms with E-state index < -0.39 is 0 Å². The number of rotatable bonds is 11. The topological polar surface area (TPSA) is 139 Å². The third-order valence-electron chi connectivity index (χ3n) is 4.71. The quantitative estimate of drug-likeness (QED) is 0.246. The Bertz CT molecular complexity index is 797. The molecule has 2 amide bonds. The van der Waals surface area contributed by atoms with E-state index >= 15 is 0 Å². The maximum Gasteiger partial charge on any atom is 0.220 e. The van der Waals surface area contributed by atoms with Crippen molar-refractivity contribution in [1.29, 1.82) is 0 Å². The Morgan fingerprint density at radius 1 is 0.633 bits per heavy atom. The summed E-state index contributed by atoms with van der Waals surface area (Å²) >= 11 is 0. The monoisotopic (exact) mass is 416 g/mol. The number of benzene rings is 2. The molecular formula is C22H28N2O6. The van der Waals surface area contributed by atoms with Gasteiger partial charge in [-0.05, 0) is 25.0 Å². The second-order valence-corrected chi connectivity index (χ2v) is 7.04. The Morgan fingerprint density at radius 3 is 1.43 bits per heavy atom. The molecule has 2 aromatic rings. The molecule has 0 fully saturated rings. The van der Waals surface area contributed by atoms with Crippen molar-refractivity contribution in [3.8, 4) is 23.0 Å². The predicted molar refractivity (Wildman–Crippen MR) is 111 cm³/mol. The minimum absolute atomic E-state index is 0.138. The first-order chi connectivity index (χ1) is 14.4. The lowest BCUT2D eigenvalue weighted by Gasteiger charge is -2.09. The normalized spacial score (nSPS) is 10.5. The van der Waals surface area contributed by atoms with Gasteiger partial charge in [-0.3, -0.25) is 9.59 Å². The van der Waals surface area contributed by atoms with Crippen molar-refractivity contribution < 1.29 is 30.0 Å². The van der Waals surface area contributed by atoms with Crippen LogP contribution in [0.15, 0.2) is 36.4 Å². The molecule has 0 aliphatic rings. The molecule has 0 radical (unpaired) electrons. The molecule has 8 heteroatoms. The second kappa shape index (κ2) is 11.5. The van der Waals surface area contributed by atoms with Crippen molar-refractivity contribution in [3.63, 3.8) is 0 Å². The number of hydrogen-bond donors (Lipinski definition) is 6. The molecule has 0 bridgehead atoms. The van der Waals surface area contributed by atoms with Gasteiger partial charge < -0.3 is 31.1 Å². The minimum Gasteiger partial charge on any atom is -0.504 e. The zero-order chi connectivity index (χ0) is 21.9. The Balaban J connectivity index is 1.54. The number of carbonyl (C=O) groups excluding carboxylic acids is 2. The highest BCUT2D eigenvalue weighted by Gasteiger charge is 2.09. The average Bonchev–Trinajstić information content (AvgIpc) is 2.72. The van der Waals surface area contributed by atoms with Crippen LogP contribution in [-0.2, 0) is 22.7 Å². The second-order valence-electron chi connectivity index (χ2n) is 7.04. The smallest absolute Gasteiger partial charge is 0.220 e. The summed E-state index contributed by atoms with van der Waals surface area (Å²) in [6, 6.07) is 9.19. The molecule has 0 unspecified atom stereocenters. The standard InChI is InChI=1S/C22H28N2O6/c25-17-9-5-7-15(21(17)29)13-23-19(27)11-3-1-2-4-12-20(28)24-14-16-8-6-10-18(26)22(16)30/h5-10,25-26,29-30H,1-4,11-14H2,(H,23,27)(H,24,28). The molecule has 2 aromatic carbocycles. The van der Waals surface area contributed by atoms with Crippen molar-refractivity contribution in [2.24, 2.45) is 0 Å². The first-order valence-corrected chi connectivity index (χ1v) is 9.91. The van der Waals surface area contributed by atoms with Crippen LogP contribution in [0.5, 0.6) is 23.0 Å². The zero-order valence-corrected chi connectivity index (χ0v) is 16.7. The van der Waals surface area contributed by atoms with Gasteiger partial charge >= 0.3 is 0 Å². The summed E-state index contributed by atoms with van der Waals surface area (Å²) in [5.41, 5.74) is 0.904. The molecule has 0 atom stereocenters. The number of aromatic hydroxyl groups is 4. The summed E-state index contributed by atoms with van der Waals surface area (Å²) in [4.78, 5) is 23.7. The fraction of sp³-hybridized carbons (Fsp3) is 0.364. The minimum atomic E-state index is -0.227. The van der Waals surface area contributed by atoms with Crippen molar-refractivity contribution in [2.75, 3.05) is 0 Å². The lowest BCUT2D eigenvalue weighted by Crippen LogP contribution is -2.22. The van der Waals surface area contributed by atoms with Gasteiger partial charge in [-0.15, -0.1) is 0 Å². The third-order valence-corrected chi connectivity index (χ3v) is 4.71. The molecule has 8 nitrogen and oxygen atoms in total. The maximum atomic E-state index is 11.9. The molecule has 0 spiro atoms. The number of nitrogens with one attached hydrogen (secondary N) is 2. The molecule has 0 saturated heterocycles.